The molecule has 1 heterocycles. The van der Waals surface area contributed by atoms with Crippen LogP contribution in [0.1, 0.15) is 20.8 Å². The quantitative estimate of drug-likeness (QED) is 0.305. The number of aliphatic imine (C=N–C) groups is 1. The van der Waals surface area contributed by atoms with Crippen molar-refractivity contribution in [1.82, 2.24) is 0 Å². The monoisotopic (exact) mass is 414 g/mol. The van der Waals surface area contributed by atoms with Gasteiger partial charge in [0.05, 0.1) is 24.8 Å². The van der Waals surface area contributed by atoms with Crippen molar-refractivity contribution in [3.05, 3.63) is 40.8 Å². The molecule has 0 fully saturated rings. The minimum absolute atomic E-state index is 0.0867. The van der Waals surface area contributed by atoms with Crippen LogP contribution in [0.25, 0.3) is 0 Å². The van der Waals surface area contributed by atoms with Gasteiger partial charge in [-0.15, -0.1) is 0 Å². The molecule has 0 saturated heterocycles. The number of ether oxygens (including phenoxy) is 2. The number of halogens is 2. The lowest BCUT2D eigenvalue weighted by Gasteiger charge is -2.21. The highest BCUT2D eigenvalue weighted by atomic mass is 35.5. The molecule has 2 rings (SSSR count). The zero-order chi connectivity index (χ0) is 20.0. The van der Waals surface area contributed by atoms with E-state index in [2.05, 4.69) is 4.99 Å². The van der Waals surface area contributed by atoms with Crippen LogP contribution in [0.15, 0.2) is 35.0 Å². The molecule has 0 unspecified atom stereocenters. The van der Waals surface area contributed by atoms with E-state index in [1.54, 1.807) is 13.8 Å². The number of hydrogen-bond donors (Lipinski definition) is 0. The number of nitrogens with zero attached hydrogens (tertiary/aromatic N) is 2. The lowest BCUT2D eigenvalue weighted by Crippen LogP contribution is -2.27. The van der Waals surface area contributed by atoms with Gasteiger partial charge in [-0.05, 0) is 32.0 Å². The first-order valence-corrected chi connectivity index (χ1v) is 9.64. The van der Waals surface area contributed by atoms with Crippen molar-refractivity contribution in [2.75, 3.05) is 24.7 Å². The molecule has 27 heavy (non-hydrogen) atoms. The van der Waals surface area contributed by atoms with E-state index in [1.165, 1.54) is 41.1 Å². The molecule has 0 saturated carbocycles. The van der Waals surface area contributed by atoms with Crippen LogP contribution in [0.2, 0.25) is 5.02 Å². The molecule has 0 spiro atoms. The van der Waals surface area contributed by atoms with Crippen molar-refractivity contribution >= 4 is 46.2 Å². The van der Waals surface area contributed by atoms with E-state index in [9.17, 15) is 14.0 Å². The third-order valence-electron chi connectivity index (χ3n) is 3.43. The van der Waals surface area contributed by atoms with Gasteiger partial charge in [0.15, 0.2) is 10.7 Å². The van der Waals surface area contributed by atoms with Crippen LogP contribution < -0.4 is 4.90 Å². The molecule has 0 bridgehead atoms. The average molecular weight is 415 g/mol. The van der Waals surface area contributed by atoms with Crippen LogP contribution in [0.3, 0.4) is 0 Å². The SMILES string of the molecule is CCOC(=O)C(=CN(C1=NC[C@@H](C)S1)c1ccc(F)c(Cl)c1)C(=O)OCC. The molecule has 0 aromatic heterocycles. The third-order valence-corrected chi connectivity index (χ3v) is 4.80. The van der Waals surface area contributed by atoms with Crippen molar-refractivity contribution < 1.29 is 23.5 Å². The van der Waals surface area contributed by atoms with E-state index in [4.69, 9.17) is 21.1 Å². The summed E-state index contributed by atoms with van der Waals surface area (Å²) in [6, 6.07) is 4.08. The average Bonchev–Trinajstić information content (AvgIpc) is 3.05. The van der Waals surface area contributed by atoms with Gasteiger partial charge in [-0.25, -0.2) is 14.0 Å². The Labute approximate surface area is 166 Å². The van der Waals surface area contributed by atoms with Gasteiger partial charge in [-0.2, -0.15) is 0 Å². The molecule has 1 aliphatic rings. The summed E-state index contributed by atoms with van der Waals surface area (Å²) in [6.45, 7) is 6.05. The molecule has 0 radical (unpaired) electrons. The number of anilines is 1. The first-order valence-electron chi connectivity index (χ1n) is 8.38. The predicted octanol–water partition coefficient (Wildman–Crippen LogP) is 3.79. The topological polar surface area (TPSA) is 68.2 Å². The number of carbonyl (C=O) groups is 2. The number of esters is 2. The summed E-state index contributed by atoms with van der Waals surface area (Å²) < 4.78 is 23.5. The van der Waals surface area contributed by atoms with Crippen molar-refractivity contribution in [3.63, 3.8) is 0 Å². The molecule has 9 heteroatoms. The molecule has 0 aliphatic carbocycles. The van der Waals surface area contributed by atoms with Crippen LogP contribution in [0.5, 0.6) is 0 Å². The maximum atomic E-state index is 13.6. The van der Waals surface area contributed by atoms with Crippen LogP contribution in [0.4, 0.5) is 10.1 Å². The van der Waals surface area contributed by atoms with Gasteiger partial charge in [-0.3, -0.25) is 9.89 Å². The Morgan fingerprint density at radius 1 is 1.33 bits per heavy atom. The smallest absolute Gasteiger partial charge is 0.347 e. The Kier molecular flexibility index (Phi) is 7.67. The summed E-state index contributed by atoms with van der Waals surface area (Å²) in [5.41, 5.74) is 0.162. The Morgan fingerprint density at radius 3 is 2.44 bits per heavy atom. The normalized spacial score (nSPS) is 15.7. The van der Waals surface area contributed by atoms with E-state index < -0.39 is 17.8 Å². The van der Waals surface area contributed by atoms with Gasteiger partial charge >= 0.3 is 11.9 Å². The lowest BCUT2D eigenvalue weighted by molar-refractivity contribution is -0.146. The maximum absolute atomic E-state index is 13.6. The number of hydrogen-bond acceptors (Lipinski definition) is 7. The minimum Gasteiger partial charge on any atom is -0.462 e. The van der Waals surface area contributed by atoms with Gasteiger partial charge in [0, 0.05) is 17.1 Å². The fourth-order valence-corrected chi connectivity index (χ4v) is 3.31. The van der Waals surface area contributed by atoms with Gasteiger partial charge in [0.2, 0.25) is 0 Å². The van der Waals surface area contributed by atoms with Gasteiger partial charge in [0.1, 0.15) is 5.82 Å². The van der Waals surface area contributed by atoms with E-state index in [-0.39, 0.29) is 29.1 Å². The summed E-state index contributed by atoms with van der Waals surface area (Å²) in [5, 5.41) is 0.688. The lowest BCUT2D eigenvalue weighted by atomic mass is 10.2. The first-order chi connectivity index (χ1) is 12.9. The molecule has 1 atom stereocenters. The number of thioether (sulfide) groups is 1. The van der Waals surface area contributed by atoms with Crippen molar-refractivity contribution in [3.8, 4) is 0 Å². The third kappa shape index (κ3) is 5.46. The Balaban J connectivity index is 2.52. The number of benzene rings is 1. The highest BCUT2D eigenvalue weighted by Crippen LogP contribution is 2.30. The van der Waals surface area contributed by atoms with E-state index in [1.807, 2.05) is 6.92 Å². The Hall–Kier alpha value is -2.06. The van der Waals surface area contributed by atoms with Crippen LogP contribution >= 0.6 is 23.4 Å². The fourth-order valence-electron chi connectivity index (χ4n) is 2.20. The van der Waals surface area contributed by atoms with Gasteiger partial charge < -0.3 is 9.47 Å². The number of carbonyl (C=O) groups excluding carboxylic acids is 2. The van der Waals surface area contributed by atoms with Gasteiger partial charge in [-0.1, -0.05) is 30.3 Å². The zero-order valence-electron chi connectivity index (χ0n) is 15.2. The Morgan fingerprint density at radius 2 is 1.96 bits per heavy atom. The molecule has 0 amide bonds. The van der Waals surface area contributed by atoms with Crippen molar-refractivity contribution in [2.45, 2.75) is 26.0 Å². The van der Waals surface area contributed by atoms with E-state index in [0.717, 1.165) is 0 Å². The molecular weight excluding hydrogens is 395 g/mol. The van der Waals surface area contributed by atoms with Crippen molar-refractivity contribution in [1.29, 1.82) is 0 Å². The molecule has 6 nitrogen and oxygen atoms in total. The largest absolute Gasteiger partial charge is 0.462 e. The fraction of sp³-hybridized carbons (Fsp3) is 0.389. The molecule has 146 valence electrons. The number of rotatable bonds is 6. The van der Waals surface area contributed by atoms with E-state index in [0.29, 0.717) is 17.4 Å². The second-order valence-corrected chi connectivity index (χ2v) is 7.32. The summed E-state index contributed by atoms with van der Waals surface area (Å²) in [7, 11) is 0. The van der Waals surface area contributed by atoms with Crippen LogP contribution in [0, 0.1) is 5.82 Å². The summed E-state index contributed by atoms with van der Waals surface area (Å²) in [6.07, 6.45) is 1.30. The Bertz CT molecular complexity index is 765. The van der Waals surface area contributed by atoms with Crippen LogP contribution in [-0.4, -0.2) is 42.1 Å². The minimum atomic E-state index is -0.814. The molecule has 1 aliphatic heterocycles. The summed E-state index contributed by atoms with van der Waals surface area (Å²) in [4.78, 5) is 30.5. The molecule has 1 aromatic carbocycles. The first kappa shape index (κ1) is 21.2. The second-order valence-electron chi connectivity index (χ2n) is 5.50. The molecular formula is C18H20ClFN2O4S. The summed E-state index contributed by atoms with van der Waals surface area (Å²) >= 11 is 7.36. The predicted molar refractivity (Wildman–Crippen MR) is 105 cm³/mol. The zero-order valence-corrected chi connectivity index (χ0v) is 16.8. The maximum Gasteiger partial charge on any atom is 0.347 e. The van der Waals surface area contributed by atoms with Crippen molar-refractivity contribution in [2.24, 2.45) is 4.99 Å². The van der Waals surface area contributed by atoms with E-state index >= 15 is 0 Å². The summed E-state index contributed by atoms with van der Waals surface area (Å²) in [5.74, 6) is -2.20. The number of amidine groups is 1. The molecule has 1 aromatic rings. The highest BCUT2D eigenvalue weighted by Gasteiger charge is 2.27. The van der Waals surface area contributed by atoms with Crippen LogP contribution in [-0.2, 0) is 19.1 Å². The standard InChI is InChI=1S/C18H20ClFN2O4S/c1-4-25-16(23)13(17(24)26-5-2)10-22(18-21-9-11(3)27-18)12-6-7-15(20)14(19)8-12/h6-8,10-11H,4-5,9H2,1-3H3/t11-/m1/s1. The second kappa shape index (κ2) is 9.75. The van der Waals surface area contributed by atoms with Gasteiger partial charge in [0.25, 0.3) is 0 Å². The highest BCUT2D eigenvalue weighted by molar-refractivity contribution is 8.15. The molecule has 0 N–H and O–H groups in total.